The van der Waals surface area contributed by atoms with Gasteiger partial charge in [-0.1, -0.05) is 68.3 Å². The molecule has 2 aliphatic heterocycles. The molecule has 0 unspecified atom stereocenters. The highest BCUT2D eigenvalue weighted by molar-refractivity contribution is 9.10. The molecule has 0 bridgehead atoms. The zero-order valence-electron chi connectivity index (χ0n) is 16.5. The van der Waals surface area contributed by atoms with Crippen molar-refractivity contribution in [3.05, 3.63) is 86.8 Å². The molecule has 0 aliphatic carbocycles. The summed E-state index contributed by atoms with van der Waals surface area (Å²) in [5.74, 6) is 1.69. The maximum absolute atomic E-state index is 12.0. The Labute approximate surface area is 197 Å². The first kappa shape index (κ1) is 21.6. The first-order valence-corrected chi connectivity index (χ1v) is 11.3. The molecule has 2 aliphatic rings. The summed E-state index contributed by atoms with van der Waals surface area (Å²) in [5, 5.41) is 0. The van der Waals surface area contributed by atoms with Crippen molar-refractivity contribution in [3.63, 3.8) is 0 Å². The van der Waals surface area contributed by atoms with Crippen LogP contribution in [0.4, 0.5) is 5.69 Å². The quantitative estimate of drug-likeness (QED) is 0.437. The molecule has 1 amide bonds. The molecular weight excluding hydrogens is 526 g/mol. The molecule has 7 heteroatoms. The molecule has 2 heterocycles. The summed E-state index contributed by atoms with van der Waals surface area (Å²) in [6, 6.07) is 21.4. The number of ether oxygens (including phenoxy) is 2. The van der Waals surface area contributed by atoms with E-state index < -0.39 is 0 Å². The number of carbonyl (C=O) groups is 2. The van der Waals surface area contributed by atoms with Crippen molar-refractivity contribution in [3.8, 4) is 11.5 Å². The lowest BCUT2D eigenvalue weighted by molar-refractivity contribution is -0.122. The molecule has 0 N–H and O–H groups in total. The molecule has 3 aromatic carbocycles. The average molecular weight is 545 g/mol. The van der Waals surface area contributed by atoms with Crippen LogP contribution in [0.25, 0.3) is 0 Å². The van der Waals surface area contributed by atoms with Crippen LogP contribution in [0.2, 0.25) is 0 Å². The third kappa shape index (κ3) is 5.35. The van der Waals surface area contributed by atoms with Crippen LogP contribution < -0.4 is 14.4 Å². The number of hydrogen-bond donors (Lipinski definition) is 0. The van der Waals surface area contributed by atoms with Crippen LogP contribution in [0, 0.1) is 0 Å². The Morgan fingerprint density at radius 1 is 0.806 bits per heavy atom. The third-order valence-electron chi connectivity index (χ3n) is 4.85. The van der Waals surface area contributed by atoms with E-state index >= 15 is 0 Å². The van der Waals surface area contributed by atoms with Crippen LogP contribution in [0.1, 0.15) is 11.1 Å². The SMILES string of the molecule is O=C1COc2cc(Br)ccc2C1.O=C1COc2cc(Br)ccc2N1Cc1ccccc1. The topological polar surface area (TPSA) is 55.8 Å². The summed E-state index contributed by atoms with van der Waals surface area (Å²) >= 11 is 6.75. The van der Waals surface area contributed by atoms with Gasteiger partial charge in [0.05, 0.1) is 12.2 Å². The molecule has 3 aromatic rings. The monoisotopic (exact) mass is 543 g/mol. The summed E-state index contributed by atoms with van der Waals surface area (Å²) < 4.78 is 12.6. The second-order valence-corrected chi connectivity index (χ2v) is 8.95. The van der Waals surface area contributed by atoms with Crippen molar-refractivity contribution in [2.45, 2.75) is 13.0 Å². The van der Waals surface area contributed by atoms with Gasteiger partial charge >= 0.3 is 0 Å². The maximum Gasteiger partial charge on any atom is 0.265 e. The van der Waals surface area contributed by atoms with E-state index in [9.17, 15) is 9.59 Å². The predicted octanol–water partition coefficient (Wildman–Crippen LogP) is 5.33. The standard InChI is InChI=1S/C15H12BrNO2.C9H7BrO2/c16-12-6-7-13-14(8-12)19-10-15(18)17(13)9-11-4-2-1-3-5-11;10-7-2-1-6-3-8(11)5-12-9(6)4-7/h1-8H,9-10H2;1-2,4H,3,5H2. The molecule has 0 radical (unpaired) electrons. The van der Waals surface area contributed by atoms with Crippen LogP contribution in [-0.2, 0) is 22.6 Å². The first-order valence-electron chi connectivity index (χ1n) is 9.69. The van der Waals surface area contributed by atoms with Crippen LogP contribution in [-0.4, -0.2) is 24.9 Å². The van der Waals surface area contributed by atoms with Gasteiger partial charge in [0.2, 0.25) is 0 Å². The largest absolute Gasteiger partial charge is 0.485 e. The van der Waals surface area contributed by atoms with E-state index in [2.05, 4.69) is 31.9 Å². The molecule has 0 aromatic heterocycles. The van der Waals surface area contributed by atoms with E-state index in [-0.39, 0.29) is 24.9 Å². The van der Waals surface area contributed by atoms with E-state index in [1.807, 2.05) is 66.7 Å². The zero-order chi connectivity index (χ0) is 21.8. The fraction of sp³-hybridized carbons (Fsp3) is 0.167. The summed E-state index contributed by atoms with van der Waals surface area (Å²) in [4.78, 5) is 24.8. The van der Waals surface area contributed by atoms with Crippen molar-refractivity contribution in [1.82, 2.24) is 0 Å². The minimum absolute atomic E-state index is 0.0151. The molecule has 5 nitrogen and oxygen atoms in total. The van der Waals surface area contributed by atoms with Crippen molar-refractivity contribution in [2.75, 3.05) is 18.1 Å². The van der Waals surface area contributed by atoms with Gasteiger partial charge in [0.25, 0.3) is 5.91 Å². The van der Waals surface area contributed by atoms with Crippen molar-refractivity contribution < 1.29 is 19.1 Å². The smallest absolute Gasteiger partial charge is 0.265 e. The van der Waals surface area contributed by atoms with Crippen molar-refractivity contribution in [2.24, 2.45) is 0 Å². The number of hydrogen-bond acceptors (Lipinski definition) is 4. The Balaban J connectivity index is 0.000000166. The number of fused-ring (bicyclic) bond motifs is 2. The molecule has 31 heavy (non-hydrogen) atoms. The minimum Gasteiger partial charge on any atom is -0.485 e. The fourth-order valence-electron chi connectivity index (χ4n) is 3.35. The van der Waals surface area contributed by atoms with E-state index in [4.69, 9.17) is 9.47 Å². The second-order valence-electron chi connectivity index (χ2n) is 7.12. The Morgan fingerprint density at radius 2 is 1.48 bits per heavy atom. The van der Waals surface area contributed by atoms with Gasteiger partial charge in [-0.05, 0) is 35.9 Å². The van der Waals surface area contributed by atoms with E-state index in [1.165, 1.54) is 0 Å². The van der Waals surface area contributed by atoms with Crippen LogP contribution in [0.3, 0.4) is 0 Å². The third-order valence-corrected chi connectivity index (χ3v) is 5.84. The zero-order valence-corrected chi connectivity index (χ0v) is 19.7. The predicted molar refractivity (Wildman–Crippen MR) is 126 cm³/mol. The van der Waals surface area contributed by atoms with E-state index in [0.717, 1.165) is 37.3 Å². The number of benzene rings is 3. The number of ketones is 1. The van der Waals surface area contributed by atoms with Crippen LogP contribution in [0.15, 0.2) is 75.7 Å². The second kappa shape index (κ2) is 9.66. The molecule has 0 fully saturated rings. The van der Waals surface area contributed by atoms with E-state index in [0.29, 0.717) is 13.0 Å². The van der Waals surface area contributed by atoms with Gasteiger partial charge in [0, 0.05) is 20.9 Å². The Hall–Kier alpha value is -2.64. The Bertz CT molecular complexity index is 1120. The lowest BCUT2D eigenvalue weighted by Gasteiger charge is -2.29. The number of nitrogens with zero attached hydrogens (tertiary/aromatic N) is 1. The number of halogens is 2. The lowest BCUT2D eigenvalue weighted by atomic mass is 10.1. The highest BCUT2D eigenvalue weighted by Gasteiger charge is 2.25. The van der Waals surface area contributed by atoms with Gasteiger partial charge in [-0.15, -0.1) is 0 Å². The molecule has 0 atom stereocenters. The fourth-order valence-corrected chi connectivity index (χ4v) is 4.03. The van der Waals surface area contributed by atoms with Gasteiger partial charge in [-0.25, -0.2) is 0 Å². The summed E-state index contributed by atoms with van der Waals surface area (Å²) in [6.07, 6.45) is 0.503. The molecule has 0 saturated heterocycles. The first-order chi connectivity index (χ1) is 15.0. The highest BCUT2D eigenvalue weighted by Crippen LogP contribution is 2.35. The summed E-state index contributed by atoms with van der Waals surface area (Å²) in [7, 11) is 0. The Morgan fingerprint density at radius 3 is 2.26 bits per heavy atom. The number of anilines is 1. The van der Waals surface area contributed by atoms with Gasteiger partial charge in [0.15, 0.2) is 12.4 Å². The number of rotatable bonds is 2. The highest BCUT2D eigenvalue weighted by atomic mass is 79.9. The van der Waals surface area contributed by atoms with Gasteiger partial charge in [0.1, 0.15) is 18.1 Å². The van der Waals surface area contributed by atoms with Gasteiger partial charge in [-0.2, -0.15) is 0 Å². The van der Waals surface area contributed by atoms with Crippen LogP contribution in [0.5, 0.6) is 11.5 Å². The average Bonchev–Trinajstić information content (AvgIpc) is 2.77. The molecule has 5 rings (SSSR count). The van der Waals surface area contributed by atoms with Gasteiger partial charge < -0.3 is 14.4 Å². The summed E-state index contributed by atoms with van der Waals surface area (Å²) in [6.45, 7) is 0.872. The van der Waals surface area contributed by atoms with E-state index in [1.54, 1.807) is 4.90 Å². The maximum atomic E-state index is 12.0. The normalized spacial score (nSPS) is 14.5. The van der Waals surface area contributed by atoms with Crippen LogP contribution >= 0.6 is 31.9 Å². The molecule has 0 saturated carbocycles. The molecule has 158 valence electrons. The van der Waals surface area contributed by atoms with Crippen molar-refractivity contribution in [1.29, 1.82) is 0 Å². The number of Topliss-reactive ketones (excluding diaryl/α,β-unsaturated/α-hetero) is 1. The number of amides is 1. The summed E-state index contributed by atoms with van der Waals surface area (Å²) in [5.41, 5.74) is 2.91. The number of carbonyl (C=O) groups excluding carboxylic acids is 2. The van der Waals surface area contributed by atoms with Crippen molar-refractivity contribution >= 4 is 49.2 Å². The molecular formula is C24H19Br2NO4. The lowest BCUT2D eigenvalue weighted by Crippen LogP contribution is -2.38. The van der Waals surface area contributed by atoms with Gasteiger partial charge in [-0.3, -0.25) is 9.59 Å². The minimum atomic E-state index is -0.0151. The molecule has 0 spiro atoms. The Kier molecular flexibility index (Phi) is 6.73.